The summed E-state index contributed by atoms with van der Waals surface area (Å²) in [6, 6.07) is 7.98. The molecule has 1 aromatic carbocycles. The second-order valence-corrected chi connectivity index (χ2v) is 6.31. The van der Waals surface area contributed by atoms with Crippen LogP contribution in [0.25, 0.3) is 10.2 Å². The summed E-state index contributed by atoms with van der Waals surface area (Å²) in [5.41, 5.74) is 1.35. The van der Waals surface area contributed by atoms with Crippen molar-refractivity contribution in [2.24, 2.45) is 0 Å². The maximum absolute atomic E-state index is 10.5. The van der Waals surface area contributed by atoms with Crippen molar-refractivity contribution in [2.75, 3.05) is 5.32 Å². The summed E-state index contributed by atoms with van der Waals surface area (Å²) in [4.78, 5) is 23.2. The standard InChI is InChI=1S/C13H10N4O2S2/c18-12(19)16-8-5-14-11(15-6-8)7-20-13-17-9-3-1-2-4-10(9)21-13/h1-6,16H,7H2,(H,18,19). The number of anilines is 1. The molecule has 2 heterocycles. The summed E-state index contributed by atoms with van der Waals surface area (Å²) in [7, 11) is 0. The second-order valence-electron chi connectivity index (χ2n) is 4.05. The van der Waals surface area contributed by atoms with Gasteiger partial charge in [-0.1, -0.05) is 23.9 Å². The van der Waals surface area contributed by atoms with Crippen LogP contribution in [0.2, 0.25) is 0 Å². The number of nitrogens with zero attached hydrogens (tertiary/aromatic N) is 3. The third-order valence-corrected chi connectivity index (χ3v) is 4.73. The molecule has 0 aliphatic carbocycles. The molecule has 106 valence electrons. The minimum absolute atomic E-state index is 0.358. The normalized spacial score (nSPS) is 10.7. The van der Waals surface area contributed by atoms with Gasteiger partial charge in [0.15, 0.2) is 4.34 Å². The average molecular weight is 318 g/mol. The highest BCUT2D eigenvalue weighted by Gasteiger charge is 2.06. The van der Waals surface area contributed by atoms with Crippen LogP contribution in [0.4, 0.5) is 10.5 Å². The Morgan fingerprint density at radius 3 is 2.76 bits per heavy atom. The number of amides is 1. The zero-order valence-electron chi connectivity index (χ0n) is 10.7. The minimum Gasteiger partial charge on any atom is -0.465 e. The van der Waals surface area contributed by atoms with Crippen LogP contribution in [-0.2, 0) is 5.75 Å². The van der Waals surface area contributed by atoms with E-state index in [0.29, 0.717) is 17.3 Å². The topological polar surface area (TPSA) is 88.0 Å². The van der Waals surface area contributed by atoms with Crippen molar-refractivity contribution in [3.63, 3.8) is 0 Å². The summed E-state index contributed by atoms with van der Waals surface area (Å²) < 4.78 is 2.12. The molecule has 0 unspecified atom stereocenters. The van der Waals surface area contributed by atoms with E-state index in [4.69, 9.17) is 5.11 Å². The van der Waals surface area contributed by atoms with Gasteiger partial charge in [-0.2, -0.15) is 0 Å². The molecule has 1 amide bonds. The van der Waals surface area contributed by atoms with Gasteiger partial charge in [-0.05, 0) is 12.1 Å². The fourth-order valence-electron chi connectivity index (χ4n) is 1.66. The number of fused-ring (bicyclic) bond motifs is 1. The molecular weight excluding hydrogens is 308 g/mol. The quantitative estimate of drug-likeness (QED) is 0.716. The van der Waals surface area contributed by atoms with Crippen molar-refractivity contribution in [1.82, 2.24) is 15.0 Å². The first-order chi connectivity index (χ1) is 10.2. The molecule has 2 N–H and O–H groups in total. The molecule has 0 fully saturated rings. The molecule has 2 aromatic heterocycles. The number of thioether (sulfide) groups is 1. The van der Waals surface area contributed by atoms with Crippen LogP contribution in [0.5, 0.6) is 0 Å². The highest BCUT2D eigenvalue weighted by molar-refractivity contribution is 8.00. The Kier molecular flexibility index (Phi) is 3.98. The number of para-hydroxylation sites is 1. The predicted octanol–water partition coefficient (Wildman–Crippen LogP) is 3.47. The van der Waals surface area contributed by atoms with E-state index in [9.17, 15) is 4.79 Å². The Balaban J connectivity index is 1.65. The summed E-state index contributed by atoms with van der Waals surface area (Å²) in [5.74, 6) is 1.22. The lowest BCUT2D eigenvalue weighted by molar-refractivity contribution is 0.209. The number of thiazole rings is 1. The SMILES string of the molecule is O=C(O)Nc1cnc(CSc2nc3ccccc3s2)nc1. The maximum Gasteiger partial charge on any atom is 0.409 e. The maximum atomic E-state index is 10.5. The monoisotopic (exact) mass is 318 g/mol. The molecule has 0 radical (unpaired) electrons. The predicted molar refractivity (Wildman–Crippen MR) is 82.9 cm³/mol. The molecule has 0 saturated heterocycles. The Morgan fingerprint density at radius 2 is 2.05 bits per heavy atom. The Labute approximate surface area is 128 Å². The van der Waals surface area contributed by atoms with Crippen LogP contribution in [0.3, 0.4) is 0 Å². The van der Waals surface area contributed by atoms with Crippen LogP contribution in [-0.4, -0.2) is 26.2 Å². The third kappa shape index (κ3) is 3.47. The average Bonchev–Trinajstić information content (AvgIpc) is 2.89. The number of benzene rings is 1. The van der Waals surface area contributed by atoms with Crippen molar-refractivity contribution in [3.05, 3.63) is 42.5 Å². The van der Waals surface area contributed by atoms with Crippen LogP contribution in [0.1, 0.15) is 5.82 Å². The molecule has 0 aliphatic heterocycles. The molecule has 0 spiro atoms. The van der Waals surface area contributed by atoms with Gasteiger partial charge in [0.05, 0.1) is 34.1 Å². The van der Waals surface area contributed by atoms with Crippen molar-refractivity contribution >= 4 is 45.1 Å². The lowest BCUT2D eigenvalue weighted by Gasteiger charge is -2.01. The number of carbonyl (C=O) groups is 1. The molecule has 3 rings (SSSR count). The van der Waals surface area contributed by atoms with E-state index < -0.39 is 6.09 Å². The van der Waals surface area contributed by atoms with Gasteiger partial charge >= 0.3 is 6.09 Å². The molecule has 6 nitrogen and oxygen atoms in total. The number of aromatic nitrogens is 3. The smallest absolute Gasteiger partial charge is 0.409 e. The van der Waals surface area contributed by atoms with Crippen LogP contribution in [0.15, 0.2) is 41.0 Å². The van der Waals surface area contributed by atoms with Gasteiger partial charge in [-0.15, -0.1) is 11.3 Å². The Morgan fingerprint density at radius 1 is 1.29 bits per heavy atom. The van der Waals surface area contributed by atoms with E-state index in [-0.39, 0.29) is 0 Å². The zero-order valence-corrected chi connectivity index (χ0v) is 12.3. The fourth-order valence-corrected chi connectivity index (χ4v) is 3.60. The molecular formula is C13H10N4O2S2. The molecule has 0 saturated carbocycles. The first kappa shape index (κ1) is 13.8. The van der Waals surface area contributed by atoms with Crippen molar-refractivity contribution in [3.8, 4) is 0 Å². The van der Waals surface area contributed by atoms with Gasteiger partial charge in [-0.25, -0.2) is 19.7 Å². The molecule has 0 aliphatic rings. The lowest BCUT2D eigenvalue weighted by Crippen LogP contribution is -2.08. The first-order valence-corrected chi connectivity index (χ1v) is 7.80. The summed E-state index contributed by atoms with van der Waals surface area (Å²) >= 11 is 3.20. The van der Waals surface area contributed by atoms with E-state index >= 15 is 0 Å². The molecule has 3 aromatic rings. The minimum atomic E-state index is -1.13. The van der Waals surface area contributed by atoms with Crippen LogP contribution < -0.4 is 5.32 Å². The first-order valence-electron chi connectivity index (χ1n) is 6.00. The van der Waals surface area contributed by atoms with Crippen LogP contribution >= 0.6 is 23.1 Å². The van der Waals surface area contributed by atoms with Crippen molar-refractivity contribution in [2.45, 2.75) is 10.1 Å². The zero-order chi connectivity index (χ0) is 14.7. The van der Waals surface area contributed by atoms with Crippen LogP contribution in [0, 0.1) is 0 Å². The van der Waals surface area contributed by atoms with E-state index in [1.165, 1.54) is 12.4 Å². The largest absolute Gasteiger partial charge is 0.465 e. The Hall–Kier alpha value is -2.19. The van der Waals surface area contributed by atoms with Gasteiger partial charge in [-0.3, -0.25) is 5.32 Å². The number of hydrogen-bond acceptors (Lipinski definition) is 6. The summed E-state index contributed by atoms with van der Waals surface area (Å²) in [6.45, 7) is 0. The van der Waals surface area contributed by atoms with Gasteiger partial charge in [0.25, 0.3) is 0 Å². The number of hydrogen-bond donors (Lipinski definition) is 2. The third-order valence-electron chi connectivity index (χ3n) is 2.56. The van der Waals surface area contributed by atoms with Gasteiger partial charge in [0.2, 0.25) is 0 Å². The van der Waals surface area contributed by atoms with E-state index in [1.54, 1.807) is 23.1 Å². The molecule has 8 heteroatoms. The van der Waals surface area contributed by atoms with Gasteiger partial charge in [0, 0.05) is 0 Å². The lowest BCUT2D eigenvalue weighted by atomic mass is 10.3. The molecule has 21 heavy (non-hydrogen) atoms. The second kappa shape index (κ2) is 6.06. The van der Waals surface area contributed by atoms with Gasteiger partial charge in [0.1, 0.15) is 5.82 Å². The van der Waals surface area contributed by atoms with E-state index in [0.717, 1.165) is 14.6 Å². The van der Waals surface area contributed by atoms with E-state index in [1.807, 2.05) is 24.3 Å². The summed E-state index contributed by atoms with van der Waals surface area (Å²) in [6.07, 6.45) is 1.78. The number of carboxylic acid groups (broad SMARTS) is 1. The molecule has 0 bridgehead atoms. The number of nitrogens with one attached hydrogen (secondary N) is 1. The summed E-state index contributed by atoms with van der Waals surface area (Å²) in [5, 5.41) is 10.8. The number of rotatable bonds is 4. The van der Waals surface area contributed by atoms with E-state index in [2.05, 4.69) is 20.3 Å². The Bertz CT molecular complexity index is 740. The fraction of sp³-hybridized carbons (Fsp3) is 0.0769. The highest BCUT2D eigenvalue weighted by Crippen LogP contribution is 2.30. The highest BCUT2D eigenvalue weighted by atomic mass is 32.2. The van der Waals surface area contributed by atoms with Crippen molar-refractivity contribution < 1.29 is 9.90 Å². The van der Waals surface area contributed by atoms with Gasteiger partial charge < -0.3 is 5.11 Å². The van der Waals surface area contributed by atoms with Crippen molar-refractivity contribution in [1.29, 1.82) is 0 Å². The molecule has 0 atom stereocenters.